The molecule has 0 amide bonds. The molecule has 0 bridgehead atoms. The zero-order chi connectivity index (χ0) is 12.5. The third-order valence-corrected chi connectivity index (χ3v) is 3.63. The van der Waals surface area contributed by atoms with E-state index in [0.717, 1.165) is 40.3 Å². The molecule has 3 nitrogen and oxygen atoms in total. The van der Waals surface area contributed by atoms with Gasteiger partial charge in [-0.25, -0.2) is 9.97 Å². The summed E-state index contributed by atoms with van der Waals surface area (Å²) in [6.07, 6.45) is 0. The molecule has 0 saturated carbocycles. The van der Waals surface area contributed by atoms with Crippen LogP contribution in [0.5, 0.6) is 0 Å². The van der Waals surface area contributed by atoms with Crippen LogP contribution in [0.15, 0.2) is 34.8 Å². The SMILES string of the molecule is Cc1cc(-c2cccc(Br)c2)nc(C2CNC2)n1. The lowest BCUT2D eigenvalue weighted by molar-refractivity contribution is 0.429. The van der Waals surface area contributed by atoms with Gasteiger partial charge >= 0.3 is 0 Å². The van der Waals surface area contributed by atoms with Gasteiger partial charge in [0, 0.05) is 34.7 Å². The molecule has 1 aliphatic rings. The lowest BCUT2D eigenvalue weighted by Crippen LogP contribution is -2.41. The molecule has 1 aromatic carbocycles. The molecule has 0 aliphatic carbocycles. The molecule has 92 valence electrons. The summed E-state index contributed by atoms with van der Waals surface area (Å²) in [5.41, 5.74) is 3.16. The summed E-state index contributed by atoms with van der Waals surface area (Å²) in [4.78, 5) is 9.24. The fourth-order valence-electron chi connectivity index (χ4n) is 2.04. The predicted octanol–water partition coefficient (Wildman–Crippen LogP) is 2.90. The van der Waals surface area contributed by atoms with Crippen molar-refractivity contribution in [3.05, 3.63) is 46.3 Å². The first-order valence-electron chi connectivity index (χ1n) is 6.04. The van der Waals surface area contributed by atoms with Gasteiger partial charge in [-0.3, -0.25) is 0 Å². The number of nitrogens with zero attached hydrogens (tertiary/aromatic N) is 2. The summed E-state index contributed by atoms with van der Waals surface area (Å²) in [7, 11) is 0. The van der Waals surface area contributed by atoms with E-state index in [-0.39, 0.29) is 0 Å². The van der Waals surface area contributed by atoms with Crippen molar-refractivity contribution in [2.24, 2.45) is 0 Å². The Morgan fingerprint density at radius 2 is 2.06 bits per heavy atom. The average Bonchev–Trinajstić information content (AvgIpc) is 2.26. The maximum absolute atomic E-state index is 4.70. The fraction of sp³-hybridized carbons (Fsp3) is 0.286. The minimum Gasteiger partial charge on any atom is -0.315 e. The van der Waals surface area contributed by atoms with Gasteiger partial charge in [-0.05, 0) is 25.1 Å². The van der Waals surface area contributed by atoms with E-state index < -0.39 is 0 Å². The second-order valence-electron chi connectivity index (χ2n) is 4.62. The van der Waals surface area contributed by atoms with Crippen molar-refractivity contribution in [1.29, 1.82) is 0 Å². The van der Waals surface area contributed by atoms with Crippen molar-refractivity contribution in [3.63, 3.8) is 0 Å². The molecule has 0 radical (unpaired) electrons. The number of hydrogen-bond acceptors (Lipinski definition) is 3. The summed E-state index contributed by atoms with van der Waals surface area (Å²) in [6, 6.07) is 10.3. The summed E-state index contributed by atoms with van der Waals surface area (Å²) in [6.45, 7) is 4.00. The number of hydrogen-bond donors (Lipinski definition) is 1. The second kappa shape index (κ2) is 4.78. The Kier molecular flexibility index (Phi) is 3.14. The lowest BCUT2D eigenvalue weighted by atomic mass is 10.0. The van der Waals surface area contributed by atoms with E-state index in [4.69, 9.17) is 4.98 Å². The molecular weight excluding hydrogens is 290 g/mol. The van der Waals surface area contributed by atoms with Crippen LogP contribution < -0.4 is 5.32 Å². The largest absolute Gasteiger partial charge is 0.315 e. The third-order valence-electron chi connectivity index (χ3n) is 3.14. The number of nitrogens with one attached hydrogen (secondary N) is 1. The summed E-state index contributed by atoms with van der Waals surface area (Å²) >= 11 is 3.50. The quantitative estimate of drug-likeness (QED) is 0.927. The van der Waals surface area contributed by atoms with E-state index in [2.05, 4.69) is 38.4 Å². The lowest BCUT2D eigenvalue weighted by Gasteiger charge is -2.26. The van der Waals surface area contributed by atoms with Crippen molar-refractivity contribution in [3.8, 4) is 11.3 Å². The van der Waals surface area contributed by atoms with Gasteiger partial charge in [0.05, 0.1) is 5.69 Å². The summed E-state index contributed by atoms with van der Waals surface area (Å²) in [5.74, 6) is 1.43. The molecule has 1 fully saturated rings. The van der Waals surface area contributed by atoms with Crippen LogP contribution in [0.3, 0.4) is 0 Å². The van der Waals surface area contributed by atoms with Crippen LogP contribution in [0, 0.1) is 6.92 Å². The Bertz CT molecular complexity index is 579. The number of aromatic nitrogens is 2. The maximum Gasteiger partial charge on any atom is 0.134 e. The maximum atomic E-state index is 4.70. The average molecular weight is 304 g/mol. The van der Waals surface area contributed by atoms with Crippen LogP contribution in [0.25, 0.3) is 11.3 Å². The van der Waals surface area contributed by atoms with Gasteiger partial charge < -0.3 is 5.32 Å². The molecule has 0 unspecified atom stereocenters. The molecule has 1 aromatic heterocycles. The van der Waals surface area contributed by atoms with Crippen molar-refractivity contribution in [2.45, 2.75) is 12.8 Å². The molecule has 0 spiro atoms. The molecule has 1 aliphatic heterocycles. The van der Waals surface area contributed by atoms with Crippen LogP contribution in [0.4, 0.5) is 0 Å². The third kappa shape index (κ3) is 2.31. The topological polar surface area (TPSA) is 37.8 Å². The van der Waals surface area contributed by atoms with Gasteiger partial charge in [0.15, 0.2) is 0 Å². The molecule has 0 atom stereocenters. The van der Waals surface area contributed by atoms with Gasteiger partial charge in [-0.2, -0.15) is 0 Å². The molecule has 4 heteroatoms. The van der Waals surface area contributed by atoms with E-state index >= 15 is 0 Å². The van der Waals surface area contributed by atoms with Gasteiger partial charge in [0.1, 0.15) is 5.82 Å². The highest BCUT2D eigenvalue weighted by atomic mass is 79.9. The van der Waals surface area contributed by atoms with Gasteiger partial charge in [0.25, 0.3) is 0 Å². The van der Waals surface area contributed by atoms with Crippen LogP contribution in [-0.2, 0) is 0 Å². The first kappa shape index (κ1) is 11.8. The summed E-state index contributed by atoms with van der Waals surface area (Å²) in [5, 5.41) is 3.26. The highest BCUT2D eigenvalue weighted by molar-refractivity contribution is 9.10. The van der Waals surface area contributed by atoms with E-state index in [1.165, 1.54) is 0 Å². The summed E-state index contributed by atoms with van der Waals surface area (Å²) < 4.78 is 1.07. The van der Waals surface area contributed by atoms with E-state index in [1.807, 2.05) is 25.1 Å². The highest BCUT2D eigenvalue weighted by Crippen LogP contribution is 2.24. The van der Waals surface area contributed by atoms with Crippen molar-refractivity contribution >= 4 is 15.9 Å². The van der Waals surface area contributed by atoms with E-state index in [1.54, 1.807) is 0 Å². The minimum absolute atomic E-state index is 0.468. The molecule has 1 N–H and O–H groups in total. The molecule has 1 saturated heterocycles. The zero-order valence-corrected chi connectivity index (χ0v) is 11.7. The first-order chi connectivity index (χ1) is 8.72. The zero-order valence-electron chi connectivity index (χ0n) is 10.2. The van der Waals surface area contributed by atoms with Crippen molar-refractivity contribution in [1.82, 2.24) is 15.3 Å². The number of rotatable bonds is 2. The Morgan fingerprint density at radius 1 is 1.22 bits per heavy atom. The van der Waals surface area contributed by atoms with E-state index in [9.17, 15) is 0 Å². The standard InChI is InChI=1S/C14H14BrN3/c1-9-5-13(10-3-2-4-12(15)6-10)18-14(17-9)11-7-16-8-11/h2-6,11,16H,7-8H2,1H3. The monoisotopic (exact) mass is 303 g/mol. The minimum atomic E-state index is 0.468. The Hall–Kier alpha value is -1.26. The molecule has 2 aromatic rings. The number of benzene rings is 1. The van der Waals surface area contributed by atoms with Crippen LogP contribution in [-0.4, -0.2) is 23.1 Å². The van der Waals surface area contributed by atoms with E-state index in [0.29, 0.717) is 5.92 Å². The van der Waals surface area contributed by atoms with Crippen molar-refractivity contribution in [2.75, 3.05) is 13.1 Å². The number of halogens is 1. The highest BCUT2D eigenvalue weighted by Gasteiger charge is 2.22. The number of aryl methyl sites for hydroxylation is 1. The van der Waals surface area contributed by atoms with Crippen LogP contribution in [0.1, 0.15) is 17.4 Å². The normalized spacial score (nSPS) is 15.4. The fourth-order valence-corrected chi connectivity index (χ4v) is 2.44. The smallest absolute Gasteiger partial charge is 0.134 e. The van der Waals surface area contributed by atoms with Crippen LogP contribution >= 0.6 is 15.9 Å². The molecular formula is C14H14BrN3. The van der Waals surface area contributed by atoms with Gasteiger partial charge in [0.2, 0.25) is 0 Å². The Labute approximate surface area is 115 Å². The second-order valence-corrected chi connectivity index (χ2v) is 5.53. The molecule has 18 heavy (non-hydrogen) atoms. The Morgan fingerprint density at radius 3 is 2.72 bits per heavy atom. The van der Waals surface area contributed by atoms with Gasteiger partial charge in [-0.15, -0.1) is 0 Å². The molecule has 3 rings (SSSR count). The van der Waals surface area contributed by atoms with Crippen molar-refractivity contribution < 1.29 is 0 Å². The van der Waals surface area contributed by atoms with Crippen LogP contribution in [0.2, 0.25) is 0 Å². The Balaban J connectivity index is 2.03. The molecule has 2 heterocycles. The first-order valence-corrected chi connectivity index (χ1v) is 6.84. The van der Waals surface area contributed by atoms with Gasteiger partial charge in [-0.1, -0.05) is 28.1 Å². The predicted molar refractivity (Wildman–Crippen MR) is 75.5 cm³/mol.